The second kappa shape index (κ2) is 9.18. The summed E-state index contributed by atoms with van der Waals surface area (Å²) < 4.78 is 16.8. The summed E-state index contributed by atoms with van der Waals surface area (Å²) in [5.41, 5.74) is 2.06. The van der Waals surface area contributed by atoms with Gasteiger partial charge in [-0.05, 0) is 74.0 Å². The highest BCUT2D eigenvalue weighted by Crippen LogP contribution is 2.43. The number of aryl methyl sites for hydroxylation is 1. The van der Waals surface area contributed by atoms with Crippen LogP contribution in [0.3, 0.4) is 0 Å². The Labute approximate surface area is 232 Å². The quantitative estimate of drug-likeness (QED) is 0.375. The standard InChI is InChI=1S/C30H32ClFN6O/c1-16-5-4-6-17-9-21(39)10-22(25(16)17)26-24(31)11-23-28(27(26)32)34-30(38-14-20(15-38)36(2)3)35-29(23)37-12-18-7-8-19(13-37)33-18/h4-6,9-11,18-20,33,39H,7-8,12-15H2,1-3H3. The number of phenolic OH excluding ortho intramolecular Hbond substituents is 1. The summed E-state index contributed by atoms with van der Waals surface area (Å²) >= 11 is 6.90. The van der Waals surface area contributed by atoms with Crippen LogP contribution in [0.4, 0.5) is 16.2 Å². The van der Waals surface area contributed by atoms with Gasteiger partial charge in [0.15, 0.2) is 5.82 Å². The van der Waals surface area contributed by atoms with E-state index in [1.54, 1.807) is 12.1 Å². The second-order valence-corrected chi connectivity index (χ2v) is 11.9. The topological polar surface area (TPSA) is 67.8 Å². The molecular formula is C30H32ClFN6O. The van der Waals surface area contributed by atoms with Crippen LogP contribution >= 0.6 is 11.6 Å². The number of phenols is 1. The summed E-state index contributed by atoms with van der Waals surface area (Å²) in [4.78, 5) is 16.4. The van der Waals surface area contributed by atoms with Crippen molar-refractivity contribution in [2.24, 2.45) is 0 Å². The number of fused-ring (bicyclic) bond motifs is 4. The monoisotopic (exact) mass is 546 g/mol. The van der Waals surface area contributed by atoms with Crippen molar-refractivity contribution in [3.05, 3.63) is 52.8 Å². The Kier molecular flexibility index (Phi) is 5.84. The minimum Gasteiger partial charge on any atom is -0.508 e. The zero-order valence-electron chi connectivity index (χ0n) is 22.4. The third-order valence-corrected chi connectivity index (χ3v) is 8.98. The van der Waals surface area contributed by atoms with Gasteiger partial charge in [0.1, 0.15) is 17.1 Å². The summed E-state index contributed by atoms with van der Waals surface area (Å²) in [6.07, 6.45) is 2.27. The smallest absolute Gasteiger partial charge is 0.228 e. The maximum Gasteiger partial charge on any atom is 0.228 e. The van der Waals surface area contributed by atoms with Crippen LogP contribution in [0.25, 0.3) is 32.8 Å². The maximum absolute atomic E-state index is 16.8. The number of piperazine rings is 1. The fraction of sp³-hybridized carbons (Fsp3) is 0.400. The number of likely N-dealkylation sites (N-methyl/N-ethyl adjacent to an activating group) is 1. The molecule has 1 aromatic heterocycles. The van der Waals surface area contributed by atoms with E-state index in [2.05, 4.69) is 34.1 Å². The number of hydrogen-bond acceptors (Lipinski definition) is 7. The molecule has 202 valence electrons. The van der Waals surface area contributed by atoms with Crippen molar-refractivity contribution in [3.63, 3.8) is 0 Å². The number of nitrogens with zero attached hydrogens (tertiary/aromatic N) is 5. The van der Waals surface area contributed by atoms with Crippen molar-refractivity contribution < 1.29 is 9.50 Å². The Morgan fingerprint density at radius 3 is 2.49 bits per heavy atom. The van der Waals surface area contributed by atoms with Crippen molar-refractivity contribution in [3.8, 4) is 16.9 Å². The fourth-order valence-corrected chi connectivity index (χ4v) is 6.80. The number of halogens is 2. The lowest BCUT2D eigenvalue weighted by atomic mass is 9.93. The molecule has 3 aliphatic heterocycles. The van der Waals surface area contributed by atoms with Gasteiger partial charge in [-0.2, -0.15) is 4.98 Å². The van der Waals surface area contributed by atoms with Gasteiger partial charge in [-0.1, -0.05) is 29.8 Å². The molecule has 4 aromatic rings. The second-order valence-electron chi connectivity index (χ2n) is 11.5. The van der Waals surface area contributed by atoms with Crippen molar-refractivity contribution in [2.75, 3.05) is 50.1 Å². The molecule has 4 heterocycles. The van der Waals surface area contributed by atoms with Gasteiger partial charge in [0.05, 0.1) is 5.02 Å². The SMILES string of the molecule is Cc1cccc2cc(O)cc(-c3c(Cl)cc4c(N5CC6CCC(C5)N6)nc(N5CC(N(C)C)C5)nc4c3F)c12. The van der Waals surface area contributed by atoms with E-state index in [1.165, 1.54) is 0 Å². The van der Waals surface area contributed by atoms with Crippen LogP contribution in [0.5, 0.6) is 5.75 Å². The molecule has 7 nitrogen and oxygen atoms in total. The molecule has 2 bridgehead atoms. The first kappa shape index (κ1) is 24.8. The van der Waals surface area contributed by atoms with E-state index in [9.17, 15) is 5.11 Å². The van der Waals surface area contributed by atoms with Gasteiger partial charge in [-0.15, -0.1) is 0 Å². The molecule has 39 heavy (non-hydrogen) atoms. The van der Waals surface area contributed by atoms with E-state index in [0.29, 0.717) is 35.0 Å². The Morgan fingerprint density at radius 2 is 1.77 bits per heavy atom. The first-order chi connectivity index (χ1) is 18.8. The lowest BCUT2D eigenvalue weighted by Gasteiger charge is -2.43. The van der Waals surface area contributed by atoms with Crippen molar-refractivity contribution in [1.82, 2.24) is 20.2 Å². The number of nitrogens with one attached hydrogen (secondary N) is 1. The van der Waals surface area contributed by atoms with Crippen LogP contribution in [0.15, 0.2) is 36.4 Å². The number of aromatic hydroxyl groups is 1. The average Bonchev–Trinajstić information content (AvgIpc) is 3.20. The Balaban J connectivity index is 1.44. The Hall–Kier alpha value is -3.20. The van der Waals surface area contributed by atoms with Crippen LogP contribution in [0, 0.1) is 12.7 Å². The average molecular weight is 547 g/mol. The molecule has 9 heteroatoms. The number of benzene rings is 3. The van der Waals surface area contributed by atoms with Crippen molar-refractivity contribution >= 4 is 45.0 Å². The van der Waals surface area contributed by atoms with Gasteiger partial charge < -0.3 is 25.1 Å². The third kappa shape index (κ3) is 4.08. The van der Waals surface area contributed by atoms with Gasteiger partial charge in [-0.3, -0.25) is 0 Å². The Bertz CT molecular complexity index is 1610. The lowest BCUT2D eigenvalue weighted by Crippen LogP contribution is -2.58. The largest absolute Gasteiger partial charge is 0.508 e. The number of anilines is 2. The Morgan fingerprint density at radius 1 is 1.03 bits per heavy atom. The van der Waals surface area contributed by atoms with E-state index in [1.807, 2.05) is 31.2 Å². The molecule has 3 saturated heterocycles. The zero-order valence-corrected chi connectivity index (χ0v) is 23.1. The van der Waals surface area contributed by atoms with Crippen molar-refractivity contribution in [2.45, 2.75) is 37.9 Å². The molecule has 3 fully saturated rings. The maximum atomic E-state index is 16.8. The van der Waals surface area contributed by atoms with Crippen LogP contribution in [0.1, 0.15) is 18.4 Å². The first-order valence-corrected chi connectivity index (χ1v) is 14.0. The summed E-state index contributed by atoms with van der Waals surface area (Å²) in [5, 5.41) is 16.8. The zero-order chi connectivity index (χ0) is 27.0. The summed E-state index contributed by atoms with van der Waals surface area (Å²) in [6.45, 7) is 5.21. The van der Waals surface area contributed by atoms with Gasteiger partial charge in [-0.25, -0.2) is 9.37 Å². The number of rotatable bonds is 4. The predicted octanol–water partition coefficient (Wildman–Crippen LogP) is 4.95. The minimum absolute atomic E-state index is 0.0642. The van der Waals surface area contributed by atoms with Crippen LogP contribution in [0.2, 0.25) is 5.02 Å². The summed E-state index contributed by atoms with van der Waals surface area (Å²) in [6, 6.07) is 12.2. The normalized spacial score (nSPS) is 21.4. The first-order valence-electron chi connectivity index (χ1n) is 13.6. The molecule has 0 amide bonds. The van der Waals surface area contributed by atoms with Gasteiger partial charge in [0.25, 0.3) is 0 Å². The highest BCUT2D eigenvalue weighted by atomic mass is 35.5. The molecular weight excluding hydrogens is 515 g/mol. The third-order valence-electron chi connectivity index (χ3n) is 8.68. The molecule has 0 aliphatic carbocycles. The molecule has 2 atom stereocenters. The molecule has 0 spiro atoms. The number of hydrogen-bond donors (Lipinski definition) is 2. The van der Waals surface area contributed by atoms with Crippen LogP contribution in [-0.2, 0) is 0 Å². The molecule has 0 radical (unpaired) electrons. The van der Waals surface area contributed by atoms with E-state index < -0.39 is 5.82 Å². The molecule has 3 aliphatic rings. The van der Waals surface area contributed by atoms with Crippen LogP contribution in [-0.4, -0.2) is 78.4 Å². The molecule has 2 unspecified atom stereocenters. The van der Waals surface area contributed by atoms with E-state index in [-0.39, 0.29) is 21.9 Å². The van der Waals surface area contributed by atoms with Gasteiger partial charge in [0, 0.05) is 55.3 Å². The fourth-order valence-electron chi connectivity index (χ4n) is 6.51. The van der Waals surface area contributed by atoms with Gasteiger partial charge >= 0.3 is 0 Å². The van der Waals surface area contributed by atoms with E-state index in [4.69, 9.17) is 21.6 Å². The highest BCUT2D eigenvalue weighted by Gasteiger charge is 2.36. The molecule has 0 saturated carbocycles. The predicted molar refractivity (Wildman–Crippen MR) is 156 cm³/mol. The van der Waals surface area contributed by atoms with E-state index in [0.717, 1.165) is 61.2 Å². The van der Waals surface area contributed by atoms with Crippen LogP contribution < -0.4 is 15.1 Å². The van der Waals surface area contributed by atoms with Gasteiger partial charge in [0.2, 0.25) is 5.95 Å². The van der Waals surface area contributed by atoms with E-state index >= 15 is 4.39 Å². The molecule has 7 rings (SSSR count). The highest BCUT2D eigenvalue weighted by molar-refractivity contribution is 6.35. The summed E-state index contributed by atoms with van der Waals surface area (Å²) in [5.74, 6) is 0.867. The summed E-state index contributed by atoms with van der Waals surface area (Å²) in [7, 11) is 4.14. The molecule has 3 aromatic carbocycles. The lowest BCUT2D eigenvalue weighted by molar-refractivity contribution is 0.245. The minimum atomic E-state index is -0.486. The number of aromatic nitrogens is 2. The molecule has 2 N–H and O–H groups in total. The van der Waals surface area contributed by atoms with Crippen molar-refractivity contribution in [1.29, 1.82) is 0 Å².